The number of nitrogens with one attached hydrogen (secondary N) is 1. The lowest BCUT2D eigenvalue weighted by Gasteiger charge is -2.11. The highest BCUT2D eigenvalue weighted by Gasteiger charge is 2.28. The molecule has 146 valence electrons. The van der Waals surface area contributed by atoms with Gasteiger partial charge >= 0.3 is 6.18 Å². The molecule has 1 heterocycles. The number of ether oxygens (including phenoxy) is 1. The van der Waals surface area contributed by atoms with Crippen LogP contribution in [-0.2, 0) is 6.54 Å². The number of hydrogen-bond acceptors (Lipinski definition) is 4. The molecule has 0 fully saturated rings. The van der Waals surface area contributed by atoms with Crippen LogP contribution in [-0.4, -0.2) is 22.6 Å². The van der Waals surface area contributed by atoms with E-state index in [2.05, 4.69) is 15.2 Å². The second-order valence-electron chi connectivity index (χ2n) is 5.83. The van der Waals surface area contributed by atoms with Gasteiger partial charge in [-0.3, -0.25) is 4.79 Å². The highest BCUT2D eigenvalue weighted by molar-refractivity contribution is 6.32. The van der Waals surface area contributed by atoms with Crippen molar-refractivity contribution < 1.29 is 17.9 Å². The van der Waals surface area contributed by atoms with E-state index >= 15 is 0 Å². The minimum Gasteiger partial charge on any atom is -0.484 e. The third-order valence-electron chi connectivity index (χ3n) is 3.73. The Morgan fingerprint density at radius 2 is 1.75 bits per heavy atom. The molecule has 0 aliphatic carbocycles. The van der Waals surface area contributed by atoms with Crippen LogP contribution in [0.15, 0.2) is 65.6 Å². The maximum absolute atomic E-state index is 12.4. The summed E-state index contributed by atoms with van der Waals surface area (Å²) < 4.78 is 42.3. The van der Waals surface area contributed by atoms with Crippen LogP contribution in [0.5, 0.6) is 5.75 Å². The van der Waals surface area contributed by atoms with Gasteiger partial charge in [0.2, 0.25) is 0 Å². The van der Waals surface area contributed by atoms with Crippen LogP contribution in [0.2, 0.25) is 5.02 Å². The van der Waals surface area contributed by atoms with Gasteiger partial charge in [-0.05, 0) is 29.8 Å². The standard InChI is InChI=1S/C19H15ClF3N3O2/c20-17-16(11-25-26(18(17)27)14-4-2-1-3-5-14)24-10-13-6-8-15(9-7-13)28-12-19(21,22)23/h1-9,11,24H,10,12H2. The van der Waals surface area contributed by atoms with E-state index < -0.39 is 18.3 Å². The normalized spacial score (nSPS) is 11.3. The zero-order valence-corrected chi connectivity index (χ0v) is 15.2. The molecule has 1 aromatic heterocycles. The molecular formula is C19H15ClF3N3O2. The number of benzene rings is 2. The van der Waals surface area contributed by atoms with Crippen LogP contribution in [0.4, 0.5) is 18.9 Å². The third kappa shape index (κ3) is 5.04. The lowest BCUT2D eigenvalue weighted by molar-refractivity contribution is -0.153. The molecule has 0 saturated carbocycles. The van der Waals surface area contributed by atoms with Crippen molar-refractivity contribution in [1.82, 2.24) is 9.78 Å². The number of rotatable bonds is 6. The molecule has 9 heteroatoms. The van der Waals surface area contributed by atoms with Crippen LogP contribution >= 0.6 is 11.6 Å². The fraction of sp³-hybridized carbons (Fsp3) is 0.158. The summed E-state index contributed by atoms with van der Waals surface area (Å²) in [4.78, 5) is 12.4. The number of para-hydroxylation sites is 1. The van der Waals surface area contributed by atoms with Crippen LogP contribution in [0.1, 0.15) is 5.56 Å². The molecule has 0 radical (unpaired) electrons. The van der Waals surface area contributed by atoms with E-state index in [0.717, 1.165) is 5.56 Å². The first-order valence-electron chi connectivity index (χ1n) is 8.19. The molecule has 0 bridgehead atoms. The van der Waals surface area contributed by atoms with Crippen molar-refractivity contribution in [3.05, 3.63) is 81.7 Å². The van der Waals surface area contributed by atoms with Gasteiger partial charge in [0.15, 0.2) is 6.61 Å². The number of hydrogen-bond donors (Lipinski definition) is 1. The summed E-state index contributed by atoms with van der Waals surface area (Å²) in [7, 11) is 0. The molecule has 2 aromatic carbocycles. The van der Waals surface area contributed by atoms with Crippen LogP contribution in [0, 0.1) is 0 Å². The van der Waals surface area contributed by atoms with E-state index in [1.807, 2.05) is 6.07 Å². The van der Waals surface area contributed by atoms with Crippen LogP contribution in [0.3, 0.4) is 0 Å². The van der Waals surface area contributed by atoms with E-state index in [-0.39, 0.29) is 10.8 Å². The SMILES string of the molecule is O=c1c(Cl)c(NCc2ccc(OCC(F)(F)F)cc2)cnn1-c1ccccc1. The first-order chi connectivity index (χ1) is 13.3. The second kappa shape index (κ2) is 8.35. The van der Waals surface area contributed by atoms with Gasteiger partial charge in [-0.25, -0.2) is 0 Å². The lowest BCUT2D eigenvalue weighted by Crippen LogP contribution is -2.22. The van der Waals surface area contributed by atoms with Crippen LogP contribution < -0.4 is 15.6 Å². The van der Waals surface area contributed by atoms with E-state index in [0.29, 0.717) is 17.9 Å². The highest BCUT2D eigenvalue weighted by atomic mass is 35.5. The van der Waals surface area contributed by atoms with E-state index in [1.165, 1.54) is 23.0 Å². The van der Waals surface area contributed by atoms with Crippen molar-refractivity contribution in [1.29, 1.82) is 0 Å². The molecule has 0 amide bonds. The first kappa shape index (κ1) is 19.8. The van der Waals surface area contributed by atoms with Crippen molar-refractivity contribution in [3.8, 4) is 11.4 Å². The summed E-state index contributed by atoms with van der Waals surface area (Å²) in [6, 6.07) is 15.0. The Balaban J connectivity index is 1.66. The second-order valence-corrected chi connectivity index (χ2v) is 6.20. The molecule has 1 N–H and O–H groups in total. The largest absolute Gasteiger partial charge is 0.484 e. The molecule has 28 heavy (non-hydrogen) atoms. The molecule has 0 aliphatic heterocycles. The molecule has 0 unspecified atom stereocenters. The van der Waals surface area contributed by atoms with Gasteiger partial charge in [-0.1, -0.05) is 41.9 Å². The monoisotopic (exact) mass is 409 g/mol. The van der Waals surface area contributed by atoms with E-state index in [9.17, 15) is 18.0 Å². The summed E-state index contributed by atoms with van der Waals surface area (Å²) in [5.74, 6) is 0.117. The fourth-order valence-corrected chi connectivity index (χ4v) is 2.57. The van der Waals surface area contributed by atoms with Crippen molar-refractivity contribution in [2.75, 3.05) is 11.9 Å². The molecule has 0 aliphatic rings. The Labute approximate surface area is 163 Å². The van der Waals surface area contributed by atoms with Gasteiger partial charge in [0, 0.05) is 6.54 Å². The number of halogens is 4. The number of alkyl halides is 3. The fourth-order valence-electron chi connectivity index (χ4n) is 2.38. The average molecular weight is 410 g/mol. The van der Waals surface area contributed by atoms with Crippen molar-refractivity contribution in [2.24, 2.45) is 0 Å². The zero-order valence-electron chi connectivity index (χ0n) is 14.4. The Hall–Kier alpha value is -3.00. The predicted molar refractivity (Wildman–Crippen MR) is 100 cm³/mol. The Morgan fingerprint density at radius 1 is 1.07 bits per heavy atom. The van der Waals surface area contributed by atoms with E-state index in [4.69, 9.17) is 11.6 Å². The molecule has 5 nitrogen and oxygen atoms in total. The average Bonchev–Trinajstić information content (AvgIpc) is 2.68. The molecule has 3 rings (SSSR count). The molecule has 0 spiro atoms. The number of aromatic nitrogens is 2. The molecule has 3 aromatic rings. The summed E-state index contributed by atoms with van der Waals surface area (Å²) in [5, 5.41) is 7.10. The Kier molecular flexibility index (Phi) is 5.89. The van der Waals surface area contributed by atoms with Gasteiger partial charge < -0.3 is 10.1 Å². The number of nitrogens with zero attached hydrogens (tertiary/aromatic N) is 2. The first-order valence-corrected chi connectivity index (χ1v) is 8.57. The quantitative estimate of drug-likeness (QED) is 0.654. The smallest absolute Gasteiger partial charge is 0.422 e. The Morgan fingerprint density at radius 3 is 2.39 bits per heavy atom. The summed E-state index contributed by atoms with van der Waals surface area (Å²) in [6.07, 6.45) is -2.94. The molecule has 0 saturated heterocycles. The zero-order chi connectivity index (χ0) is 20.1. The maximum atomic E-state index is 12.4. The summed E-state index contributed by atoms with van der Waals surface area (Å²) in [6.45, 7) is -1.04. The van der Waals surface area contributed by atoms with Crippen molar-refractivity contribution in [2.45, 2.75) is 12.7 Å². The van der Waals surface area contributed by atoms with Crippen LogP contribution in [0.25, 0.3) is 5.69 Å². The minimum absolute atomic E-state index is 0.0102. The third-order valence-corrected chi connectivity index (χ3v) is 4.09. The van der Waals surface area contributed by atoms with Gasteiger partial charge in [-0.2, -0.15) is 23.0 Å². The minimum atomic E-state index is -4.38. The lowest BCUT2D eigenvalue weighted by atomic mass is 10.2. The summed E-state index contributed by atoms with van der Waals surface area (Å²) >= 11 is 6.16. The molecule has 0 atom stereocenters. The molecular weight excluding hydrogens is 395 g/mol. The maximum Gasteiger partial charge on any atom is 0.422 e. The van der Waals surface area contributed by atoms with Gasteiger partial charge in [0.1, 0.15) is 10.8 Å². The predicted octanol–water partition coefficient (Wildman–Crippen LogP) is 4.44. The topological polar surface area (TPSA) is 56.1 Å². The summed E-state index contributed by atoms with van der Waals surface area (Å²) in [5.41, 5.74) is 1.25. The van der Waals surface area contributed by atoms with E-state index in [1.54, 1.807) is 36.4 Å². The van der Waals surface area contributed by atoms with Crippen molar-refractivity contribution in [3.63, 3.8) is 0 Å². The van der Waals surface area contributed by atoms with Gasteiger partial charge in [-0.15, -0.1) is 0 Å². The van der Waals surface area contributed by atoms with Gasteiger partial charge in [0.25, 0.3) is 5.56 Å². The van der Waals surface area contributed by atoms with Gasteiger partial charge in [0.05, 0.1) is 17.6 Å². The Bertz CT molecular complexity index is 990. The number of anilines is 1. The van der Waals surface area contributed by atoms with Crippen molar-refractivity contribution >= 4 is 17.3 Å². The highest BCUT2D eigenvalue weighted by Crippen LogP contribution is 2.20.